The number of aromatic nitrogens is 2. The van der Waals surface area contributed by atoms with Crippen molar-refractivity contribution >= 4 is 11.5 Å². The molecule has 0 spiro atoms. The first-order valence-electron chi connectivity index (χ1n) is 6.69. The van der Waals surface area contributed by atoms with E-state index in [0.29, 0.717) is 24.1 Å². The third-order valence-electron chi connectivity index (χ3n) is 3.46. The van der Waals surface area contributed by atoms with Crippen molar-refractivity contribution < 1.29 is 4.92 Å². The van der Waals surface area contributed by atoms with E-state index >= 15 is 0 Å². The van der Waals surface area contributed by atoms with Gasteiger partial charge in [-0.05, 0) is 19.4 Å². The summed E-state index contributed by atoms with van der Waals surface area (Å²) < 4.78 is 1.57. The number of nitro groups is 1. The van der Waals surface area contributed by atoms with Gasteiger partial charge in [-0.2, -0.15) is 5.10 Å². The molecule has 1 atom stereocenters. The summed E-state index contributed by atoms with van der Waals surface area (Å²) in [6, 6.07) is 0.386. The highest BCUT2D eigenvalue weighted by atomic mass is 16.6. The predicted octanol–water partition coefficient (Wildman–Crippen LogP) is 1.62. The van der Waals surface area contributed by atoms with Crippen LogP contribution in [0.1, 0.15) is 38.3 Å². The third kappa shape index (κ3) is 2.86. The first-order chi connectivity index (χ1) is 9.00. The number of anilines is 1. The summed E-state index contributed by atoms with van der Waals surface area (Å²) in [7, 11) is 1.74. The monoisotopic (exact) mass is 267 g/mol. The van der Waals surface area contributed by atoms with Crippen LogP contribution in [0.5, 0.6) is 0 Å². The fourth-order valence-corrected chi connectivity index (χ4v) is 2.45. The van der Waals surface area contributed by atoms with E-state index in [9.17, 15) is 10.1 Å². The molecule has 0 bridgehead atoms. The molecule has 2 heterocycles. The number of nitrogens with one attached hydrogen (secondary N) is 2. The number of hydrogen-bond donors (Lipinski definition) is 2. The van der Waals surface area contributed by atoms with Crippen LogP contribution in [0.2, 0.25) is 0 Å². The quantitative estimate of drug-likeness (QED) is 0.625. The minimum absolute atomic E-state index is 0.0340. The van der Waals surface area contributed by atoms with E-state index in [2.05, 4.69) is 15.7 Å². The number of aryl methyl sites for hydroxylation is 1. The zero-order valence-corrected chi connectivity index (χ0v) is 11.6. The highest BCUT2D eigenvalue weighted by Crippen LogP contribution is 2.32. The smallest absolute Gasteiger partial charge is 0.334 e. The largest absolute Gasteiger partial charge is 0.363 e. The molecule has 1 aliphatic heterocycles. The number of nitrogens with zero attached hydrogens (tertiary/aromatic N) is 3. The molecule has 0 saturated carbocycles. The maximum atomic E-state index is 11.3. The lowest BCUT2D eigenvalue weighted by Gasteiger charge is -2.12. The van der Waals surface area contributed by atoms with Crippen LogP contribution in [0.4, 0.5) is 11.5 Å². The van der Waals surface area contributed by atoms with Gasteiger partial charge in [0.1, 0.15) is 5.69 Å². The van der Waals surface area contributed by atoms with E-state index < -0.39 is 0 Å². The molecule has 1 aliphatic rings. The van der Waals surface area contributed by atoms with E-state index in [0.717, 1.165) is 19.4 Å². The molecular formula is C12H21N5O2. The standard InChI is InChI=1S/C12H21N5O2/c1-8(2)10-11(17(18)19)12(16(3)15-10)14-7-9-5-4-6-13-9/h8-9,13-14H,4-7H2,1-3H3. The Hall–Kier alpha value is -1.63. The van der Waals surface area contributed by atoms with Gasteiger partial charge in [-0.25, -0.2) is 4.68 Å². The van der Waals surface area contributed by atoms with Crippen LogP contribution >= 0.6 is 0 Å². The first-order valence-corrected chi connectivity index (χ1v) is 6.69. The van der Waals surface area contributed by atoms with Crippen molar-refractivity contribution in [1.29, 1.82) is 0 Å². The van der Waals surface area contributed by atoms with Gasteiger partial charge in [-0.15, -0.1) is 0 Å². The van der Waals surface area contributed by atoms with Crippen LogP contribution in [-0.4, -0.2) is 33.8 Å². The molecule has 1 unspecified atom stereocenters. The summed E-state index contributed by atoms with van der Waals surface area (Å²) in [6.45, 7) is 5.55. The van der Waals surface area contributed by atoms with Gasteiger partial charge in [-0.3, -0.25) is 10.1 Å². The molecule has 1 saturated heterocycles. The molecule has 0 radical (unpaired) electrons. The molecule has 0 amide bonds. The fraction of sp³-hybridized carbons (Fsp3) is 0.750. The van der Waals surface area contributed by atoms with Crippen molar-refractivity contribution in [3.8, 4) is 0 Å². The molecule has 2 N–H and O–H groups in total. The van der Waals surface area contributed by atoms with E-state index in [1.165, 1.54) is 0 Å². The molecule has 1 aromatic heterocycles. The second kappa shape index (κ2) is 5.56. The highest BCUT2D eigenvalue weighted by molar-refractivity contribution is 5.60. The highest BCUT2D eigenvalue weighted by Gasteiger charge is 2.28. The summed E-state index contributed by atoms with van der Waals surface area (Å²) >= 11 is 0. The van der Waals surface area contributed by atoms with E-state index in [-0.39, 0.29) is 16.5 Å². The SMILES string of the molecule is CC(C)c1nn(C)c(NCC2CCCN2)c1[N+](=O)[O-]. The second-order valence-electron chi connectivity index (χ2n) is 5.29. The van der Waals surface area contributed by atoms with Crippen LogP contribution < -0.4 is 10.6 Å². The topological polar surface area (TPSA) is 85.0 Å². The zero-order valence-electron chi connectivity index (χ0n) is 11.6. The van der Waals surface area contributed by atoms with Gasteiger partial charge in [-0.1, -0.05) is 13.8 Å². The fourth-order valence-electron chi connectivity index (χ4n) is 2.45. The summed E-state index contributed by atoms with van der Waals surface area (Å²) in [5.74, 6) is 0.536. The normalized spacial score (nSPS) is 19.1. The Bertz CT molecular complexity index is 463. The van der Waals surface area contributed by atoms with Gasteiger partial charge in [0.25, 0.3) is 0 Å². The van der Waals surface area contributed by atoms with Gasteiger partial charge in [0.05, 0.1) is 4.92 Å². The van der Waals surface area contributed by atoms with Crippen molar-refractivity contribution in [2.24, 2.45) is 7.05 Å². The number of rotatable bonds is 5. The Morgan fingerprint density at radius 3 is 2.89 bits per heavy atom. The number of hydrogen-bond acceptors (Lipinski definition) is 5. The van der Waals surface area contributed by atoms with Crippen LogP contribution in [-0.2, 0) is 7.05 Å². The van der Waals surface area contributed by atoms with E-state index in [1.807, 2.05) is 13.8 Å². The van der Waals surface area contributed by atoms with Crippen molar-refractivity contribution in [1.82, 2.24) is 15.1 Å². The maximum absolute atomic E-state index is 11.3. The molecule has 7 nitrogen and oxygen atoms in total. The Morgan fingerprint density at radius 1 is 1.63 bits per heavy atom. The van der Waals surface area contributed by atoms with E-state index in [1.54, 1.807) is 11.7 Å². The van der Waals surface area contributed by atoms with E-state index in [4.69, 9.17) is 0 Å². The Kier molecular flexibility index (Phi) is 4.04. The Labute approximate surface area is 112 Å². The summed E-state index contributed by atoms with van der Waals surface area (Å²) in [4.78, 5) is 10.9. The van der Waals surface area contributed by atoms with Gasteiger partial charge in [0, 0.05) is 25.6 Å². The third-order valence-corrected chi connectivity index (χ3v) is 3.46. The van der Waals surface area contributed by atoms with Crippen molar-refractivity contribution in [3.63, 3.8) is 0 Å². The van der Waals surface area contributed by atoms with Gasteiger partial charge < -0.3 is 10.6 Å². The van der Waals surface area contributed by atoms with Gasteiger partial charge >= 0.3 is 5.69 Å². The summed E-state index contributed by atoms with van der Waals surface area (Å²) in [6.07, 6.45) is 2.27. The molecule has 106 valence electrons. The lowest BCUT2D eigenvalue weighted by molar-refractivity contribution is -0.384. The predicted molar refractivity (Wildman–Crippen MR) is 73.5 cm³/mol. The minimum atomic E-state index is -0.341. The Balaban J connectivity index is 2.20. The van der Waals surface area contributed by atoms with Crippen LogP contribution in [0.3, 0.4) is 0 Å². The van der Waals surface area contributed by atoms with Gasteiger partial charge in [0.2, 0.25) is 5.82 Å². The first kappa shape index (κ1) is 13.8. The molecule has 7 heteroatoms. The molecule has 0 aromatic carbocycles. The zero-order chi connectivity index (χ0) is 14.0. The van der Waals surface area contributed by atoms with Crippen LogP contribution in [0.25, 0.3) is 0 Å². The Morgan fingerprint density at radius 2 is 2.37 bits per heavy atom. The average molecular weight is 267 g/mol. The van der Waals surface area contributed by atoms with Crippen molar-refractivity contribution in [2.45, 2.75) is 38.6 Å². The minimum Gasteiger partial charge on any atom is -0.363 e. The van der Waals surface area contributed by atoms with Crippen LogP contribution in [0, 0.1) is 10.1 Å². The molecular weight excluding hydrogens is 246 g/mol. The van der Waals surface area contributed by atoms with Gasteiger partial charge in [0.15, 0.2) is 0 Å². The molecule has 19 heavy (non-hydrogen) atoms. The van der Waals surface area contributed by atoms with Crippen LogP contribution in [0.15, 0.2) is 0 Å². The molecule has 1 aromatic rings. The molecule has 0 aliphatic carbocycles. The summed E-state index contributed by atoms with van der Waals surface area (Å²) in [5, 5.41) is 22.1. The summed E-state index contributed by atoms with van der Waals surface area (Å²) in [5.41, 5.74) is 0.643. The second-order valence-corrected chi connectivity index (χ2v) is 5.29. The van der Waals surface area contributed by atoms with Crippen molar-refractivity contribution in [2.75, 3.05) is 18.4 Å². The molecule has 2 rings (SSSR count). The van der Waals surface area contributed by atoms with Crippen molar-refractivity contribution in [3.05, 3.63) is 15.8 Å². The lowest BCUT2D eigenvalue weighted by atomic mass is 10.1. The lowest BCUT2D eigenvalue weighted by Crippen LogP contribution is -2.30. The molecule has 1 fully saturated rings. The average Bonchev–Trinajstić information content (AvgIpc) is 2.93. The maximum Gasteiger partial charge on any atom is 0.334 e.